The van der Waals surface area contributed by atoms with Gasteiger partial charge in [0.25, 0.3) is 11.8 Å². The van der Waals surface area contributed by atoms with Gasteiger partial charge >= 0.3 is 0 Å². The van der Waals surface area contributed by atoms with Crippen molar-refractivity contribution in [3.8, 4) is 22.5 Å². The summed E-state index contributed by atoms with van der Waals surface area (Å²) in [6, 6.07) is 21.0. The van der Waals surface area contributed by atoms with Crippen LogP contribution in [0, 0.1) is 19.3 Å². The smallest absolute Gasteiger partial charge is 0.274 e. The molecule has 6 aliphatic rings. The number of rotatable bonds is 17. The maximum absolute atomic E-state index is 14.7. The molecule has 21 heteroatoms. The van der Waals surface area contributed by atoms with E-state index in [1.54, 1.807) is 24.8 Å². The van der Waals surface area contributed by atoms with E-state index in [-0.39, 0.29) is 35.2 Å². The van der Waals surface area contributed by atoms with Crippen molar-refractivity contribution >= 4 is 57.8 Å². The number of hydrogen-bond acceptors (Lipinski definition) is 19. The molecule has 436 valence electrons. The molecular formula is C62H79N17O4. The van der Waals surface area contributed by atoms with Crippen LogP contribution < -0.4 is 42.1 Å². The standard InChI is InChI=1S/C62H79N17O4/c1-41-36-48(4-6-50(41)77-24-12-49(13-25-77)79-38-62(39-79)18-26-75(3)27-19-62)70-60-55(72-53(44-10-22-65-23-11-44)58(74-60)68-46-16-34-83-35-17-46)61(81)66-40-76-28-30-78(31-29-76)51-7-5-47(37-42(51)2)69-59-54(56(63)80)71-52(43-8-20-64-21-9-43)57(73-59)67-45-14-32-82-33-15-45/h4-11,20-23,36-37,45-46,49H,12-19,24-35,38-40H2,1-3H3,(H2,63,80)(H,66,81)(H2,67,69,73)(H2,68,70,74). The lowest BCUT2D eigenvalue weighted by atomic mass is 9.71. The predicted molar refractivity (Wildman–Crippen MR) is 325 cm³/mol. The Morgan fingerprint density at radius 3 is 1.57 bits per heavy atom. The lowest BCUT2D eigenvalue weighted by Gasteiger charge is -2.57. The second-order valence-electron chi connectivity index (χ2n) is 23.6. The highest BCUT2D eigenvalue weighted by Gasteiger charge is 2.47. The minimum Gasteiger partial charge on any atom is -0.381 e. The van der Waals surface area contributed by atoms with Crippen molar-refractivity contribution in [2.24, 2.45) is 11.1 Å². The number of nitrogens with one attached hydrogen (secondary N) is 5. The molecule has 2 aromatic carbocycles. The lowest BCUT2D eigenvalue weighted by Crippen LogP contribution is -2.63. The van der Waals surface area contributed by atoms with Crippen LogP contribution in [0.4, 0.5) is 46.0 Å². The van der Waals surface area contributed by atoms with Crippen molar-refractivity contribution in [1.82, 2.24) is 49.9 Å². The summed E-state index contributed by atoms with van der Waals surface area (Å²) in [5, 5.41) is 17.4. The molecule has 0 atom stereocenters. The number of ether oxygens (including phenoxy) is 2. The van der Waals surface area contributed by atoms with E-state index >= 15 is 0 Å². The molecule has 4 aromatic heterocycles. The molecule has 6 saturated heterocycles. The Bertz CT molecular complexity index is 3220. The molecule has 6 aromatic rings. The number of benzene rings is 2. The first kappa shape index (κ1) is 55.9. The monoisotopic (exact) mass is 1130 g/mol. The van der Waals surface area contributed by atoms with Gasteiger partial charge in [-0.1, -0.05) is 0 Å². The largest absolute Gasteiger partial charge is 0.381 e. The van der Waals surface area contributed by atoms with Crippen molar-refractivity contribution < 1.29 is 19.1 Å². The minimum atomic E-state index is -0.689. The van der Waals surface area contributed by atoms with E-state index in [0.29, 0.717) is 73.4 Å². The summed E-state index contributed by atoms with van der Waals surface area (Å²) < 4.78 is 11.3. The van der Waals surface area contributed by atoms with Gasteiger partial charge in [0, 0.05) is 156 Å². The van der Waals surface area contributed by atoms with Crippen molar-refractivity contribution in [3.05, 3.63) is 108 Å². The molecule has 12 rings (SSSR count). The highest BCUT2D eigenvalue weighted by atomic mass is 16.5. The molecule has 83 heavy (non-hydrogen) atoms. The Kier molecular flexibility index (Phi) is 16.9. The highest BCUT2D eigenvalue weighted by Crippen LogP contribution is 2.43. The number of hydrogen-bond donors (Lipinski definition) is 6. The van der Waals surface area contributed by atoms with Crippen molar-refractivity contribution in [2.75, 3.05) is 137 Å². The second-order valence-corrected chi connectivity index (χ2v) is 23.6. The summed E-state index contributed by atoms with van der Waals surface area (Å²) >= 11 is 0. The fourth-order valence-corrected chi connectivity index (χ4v) is 12.9. The molecule has 2 amide bonds. The van der Waals surface area contributed by atoms with Crippen LogP contribution in [0.1, 0.15) is 83.5 Å². The van der Waals surface area contributed by atoms with Gasteiger partial charge in [-0.05, 0) is 163 Å². The number of amides is 2. The molecule has 6 aliphatic heterocycles. The van der Waals surface area contributed by atoms with Crippen LogP contribution >= 0.6 is 0 Å². The topological polar surface area (TPSA) is 232 Å². The average Bonchev–Trinajstić information content (AvgIpc) is 3.69. The van der Waals surface area contributed by atoms with Gasteiger partial charge in [-0.2, -0.15) is 0 Å². The zero-order valence-electron chi connectivity index (χ0n) is 48.2. The van der Waals surface area contributed by atoms with Gasteiger partial charge in [0.05, 0.1) is 6.67 Å². The van der Waals surface area contributed by atoms with E-state index in [1.165, 1.54) is 63.1 Å². The Balaban J connectivity index is 0.716. The molecule has 1 spiro atoms. The van der Waals surface area contributed by atoms with Crippen LogP contribution in [0.25, 0.3) is 22.5 Å². The summed E-state index contributed by atoms with van der Waals surface area (Å²) in [5.74, 6) is 0.789. The first-order valence-corrected chi connectivity index (χ1v) is 29.8. The van der Waals surface area contributed by atoms with E-state index in [2.05, 4.69) is 106 Å². The third kappa shape index (κ3) is 13.0. The molecule has 0 bridgehead atoms. The Labute approximate surface area is 486 Å². The Hall–Kier alpha value is -7.56. The number of anilines is 8. The number of pyridine rings is 2. The second kappa shape index (κ2) is 25.1. The molecular weight excluding hydrogens is 1050 g/mol. The zero-order chi connectivity index (χ0) is 56.9. The number of nitrogens with zero attached hydrogens (tertiary/aromatic N) is 11. The van der Waals surface area contributed by atoms with Crippen LogP contribution in [0.3, 0.4) is 0 Å². The third-order valence-corrected chi connectivity index (χ3v) is 17.8. The predicted octanol–water partition coefficient (Wildman–Crippen LogP) is 7.28. The van der Waals surface area contributed by atoms with E-state index in [1.807, 2.05) is 36.4 Å². The average molecular weight is 1130 g/mol. The molecule has 6 fully saturated rings. The van der Waals surface area contributed by atoms with Gasteiger partial charge < -0.3 is 56.5 Å². The maximum atomic E-state index is 14.7. The molecule has 10 heterocycles. The van der Waals surface area contributed by atoms with Gasteiger partial charge in [-0.25, -0.2) is 19.9 Å². The van der Waals surface area contributed by atoms with Crippen LogP contribution in [0.2, 0.25) is 0 Å². The number of nitrogens with two attached hydrogens (primary N) is 1. The summed E-state index contributed by atoms with van der Waals surface area (Å²) in [4.78, 5) is 68.5. The van der Waals surface area contributed by atoms with Crippen LogP contribution in [-0.2, 0) is 9.47 Å². The van der Waals surface area contributed by atoms with Crippen molar-refractivity contribution in [1.29, 1.82) is 0 Å². The fraction of sp³-hybridized carbons (Fsp3) is 0.484. The zero-order valence-corrected chi connectivity index (χ0v) is 48.2. The van der Waals surface area contributed by atoms with E-state index in [0.717, 1.165) is 98.7 Å². The van der Waals surface area contributed by atoms with Crippen LogP contribution in [-0.4, -0.2) is 180 Å². The molecule has 0 aliphatic carbocycles. The molecule has 0 unspecified atom stereocenters. The quantitative estimate of drug-likeness (QED) is 0.0527. The van der Waals surface area contributed by atoms with Gasteiger partial charge in [-0.15, -0.1) is 0 Å². The molecule has 0 radical (unpaired) electrons. The normalized spacial score (nSPS) is 19.5. The lowest BCUT2D eigenvalue weighted by molar-refractivity contribution is -0.0704. The Morgan fingerprint density at radius 1 is 0.590 bits per heavy atom. The van der Waals surface area contributed by atoms with E-state index in [4.69, 9.17) is 35.1 Å². The number of aryl methyl sites for hydroxylation is 2. The summed E-state index contributed by atoms with van der Waals surface area (Å²) in [6.07, 6.45) is 15.2. The molecule has 0 saturated carbocycles. The number of carbonyl (C=O) groups is 2. The van der Waals surface area contributed by atoms with Crippen LogP contribution in [0.15, 0.2) is 85.5 Å². The maximum Gasteiger partial charge on any atom is 0.274 e. The van der Waals surface area contributed by atoms with Gasteiger partial charge in [-0.3, -0.25) is 29.4 Å². The number of likely N-dealkylation sites (tertiary alicyclic amines) is 2. The van der Waals surface area contributed by atoms with Crippen LogP contribution in [0.5, 0.6) is 0 Å². The Morgan fingerprint density at radius 2 is 1.07 bits per heavy atom. The van der Waals surface area contributed by atoms with Gasteiger partial charge in [0.15, 0.2) is 34.7 Å². The summed E-state index contributed by atoms with van der Waals surface area (Å²) in [7, 11) is 2.25. The first-order valence-electron chi connectivity index (χ1n) is 29.8. The molecule has 21 nitrogen and oxygen atoms in total. The number of primary amides is 1. The van der Waals surface area contributed by atoms with E-state index < -0.39 is 5.91 Å². The number of carbonyl (C=O) groups excluding carboxylic acids is 2. The van der Waals surface area contributed by atoms with Crippen molar-refractivity contribution in [2.45, 2.75) is 83.3 Å². The highest BCUT2D eigenvalue weighted by molar-refractivity contribution is 5.99. The number of piperazine rings is 1. The number of aromatic nitrogens is 6. The van der Waals surface area contributed by atoms with Gasteiger partial charge in [0.2, 0.25) is 0 Å². The fourth-order valence-electron chi connectivity index (χ4n) is 12.9. The summed E-state index contributed by atoms with van der Waals surface area (Å²) in [5.41, 5.74) is 15.6. The number of piperidine rings is 2. The summed E-state index contributed by atoms with van der Waals surface area (Å²) in [6.45, 7) is 17.2. The third-order valence-electron chi connectivity index (χ3n) is 17.8. The van der Waals surface area contributed by atoms with E-state index in [9.17, 15) is 9.59 Å². The van der Waals surface area contributed by atoms with Crippen molar-refractivity contribution in [3.63, 3.8) is 0 Å². The first-order chi connectivity index (χ1) is 40.5. The SMILES string of the molecule is Cc1cc(Nc2nc(NC3CCOCC3)c(-c3ccncc3)nc2C(=O)NCN2CCN(c3ccc(Nc4nc(NC5CCOCC5)c(-c5ccncc5)nc4C(N)=O)cc3C)CC2)ccc1N1CCC(N2CC3(CCN(C)CC3)C2)CC1. The van der Waals surface area contributed by atoms with Gasteiger partial charge in [0.1, 0.15) is 11.4 Å². The minimum absolute atomic E-state index is 0.0384. The molecule has 7 N–H and O–H groups in total.